The quantitative estimate of drug-likeness (QED) is 0.466. The number of aryl methyl sites for hydroxylation is 1. The molecular weight excluding hydrogens is 396 g/mol. The lowest BCUT2D eigenvalue weighted by Crippen LogP contribution is -2.20. The molecule has 31 heavy (non-hydrogen) atoms. The van der Waals surface area contributed by atoms with E-state index in [1.165, 1.54) is 10.6 Å². The molecule has 0 radical (unpaired) electrons. The van der Waals surface area contributed by atoms with Gasteiger partial charge in [0.15, 0.2) is 0 Å². The lowest BCUT2D eigenvalue weighted by atomic mass is 10.1. The molecular formula is C22H26N6O3. The Balaban J connectivity index is 0.00000193. The summed E-state index contributed by atoms with van der Waals surface area (Å²) in [7, 11) is 1.90. The van der Waals surface area contributed by atoms with Crippen LogP contribution in [0.3, 0.4) is 0 Å². The maximum absolute atomic E-state index is 11.9. The predicted octanol–water partition coefficient (Wildman–Crippen LogP) is 2.53. The number of aliphatic hydroxyl groups is 1. The van der Waals surface area contributed by atoms with E-state index in [0.29, 0.717) is 28.5 Å². The topological polar surface area (TPSA) is 119 Å². The fourth-order valence-electron chi connectivity index (χ4n) is 3.16. The van der Waals surface area contributed by atoms with Gasteiger partial charge in [-0.25, -0.2) is 4.98 Å². The van der Waals surface area contributed by atoms with Crippen molar-refractivity contribution in [3.63, 3.8) is 0 Å². The fraction of sp³-hybridized carbons (Fsp3) is 0.227. The van der Waals surface area contributed by atoms with Crippen molar-refractivity contribution >= 4 is 0 Å². The van der Waals surface area contributed by atoms with Crippen molar-refractivity contribution in [2.45, 2.75) is 20.0 Å². The number of nitrogens with zero attached hydrogens (tertiary/aromatic N) is 5. The zero-order valence-electron chi connectivity index (χ0n) is 17.2. The van der Waals surface area contributed by atoms with E-state index in [1.54, 1.807) is 18.5 Å². The molecule has 3 aromatic heterocycles. The van der Waals surface area contributed by atoms with Crippen LogP contribution < -0.4 is 10.9 Å². The molecule has 0 spiro atoms. The summed E-state index contributed by atoms with van der Waals surface area (Å²) in [6.45, 7) is 2.67. The molecule has 0 saturated carbocycles. The summed E-state index contributed by atoms with van der Waals surface area (Å²) in [6.07, 6.45) is 3.27. The standard InChI is InChI=1S/C22H22N6O3.2H2/c1-14-20(22-27-26-21(31-22)16-5-3-15(4-6-16)11-23-2)25-18(12-24-14)17-7-8-19(30)28(13-17)9-10-29;;/h3-8,12-13,23,29H,9-11H2,1-2H3;2*1H. The highest BCUT2D eigenvalue weighted by Gasteiger charge is 2.16. The van der Waals surface area contributed by atoms with Crippen LogP contribution in [-0.2, 0) is 13.1 Å². The van der Waals surface area contributed by atoms with Gasteiger partial charge in [-0.1, -0.05) is 12.1 Å². The second-order valence-corrected chi connectivity index (χ2v) is 7.00. The number of pyridine rings is 1. The SMILES string of the molecule is CNCc1ccc(-c2nnc(-c3nc(-c4ccc(=O)n(CCO)c4)cnc3C)o2)cc1.[HH].[HH]. The zero-order chi connectivity index (χ0) is 21.8. The van der Waals surface area contributed by atoms with E-state index in [2.05, 4.69) is 25.5 Å². The van der Waals surface area contributed by atoms with Crippen molar-refractivity contribution in [1.29, 1.82) is 0 Å². The first-order chi connectivity index (χ1) is 15.1. The molecule has 4 aromatic rings. The Morgan fingerprint density at radius 3 is 2.58 bits per heavy atom. The molecule has 0 atom stereocenters. The van der Waals surface area contributed by atoms with Crippen molar-refractivity contribution < 1.29 is 12.4 Å². The van der Waals surface area contributed by atoms with Gasteiger partial charge in [-0.05, 0) is 37.7 Å². The number of nitrogens with one attached hydrogen (secondary N) is 1. The van der Waals surface area contributed by atoms with E-state index >= 15 is 0 Å². The summed E-state index contributed by atoms with van der Waals surface area (Å²) < 4.78 is 7.31. The number of benzene rings is 1. The Hall–Kier alpha value is -3.69. The normalized spacial score (nSPS) is 11.1. The molecule has 0 aliphatic heterocycles. The molecule has 1 aromatic carbocycles. The fourth-order valence-corrected chi connectivity index (χ4v) is 3.16. The van der Waals surface area contributed by atoms with Crippen LogP contribution >= 0.6 is 0 Å². The van der Waals surface area contributed by atoms with Gasteiger partial charge in [-0.2, -0.15) is 0 Å². The largest absolute Gasteiger partial charge is 0.415 e. The van der Waals surface area contributed by atoms with Crippen LogP contribution in [0.5, 0.6) is 0 Å². The Bertz CT molecular complexity index is 1260. The first kappa shape index (κ1) is 20.6. The molecule has 0 bridgehead atoms. The molecule has 0 fully saturated rings. The minimum Gasteiger partial charge on any atom is -0.415 e. The number of rotatable bonds is 7. The molecule has 4 rings (SSSR count). The molecule has 9 heteroatoms. The molecule has 9 nitrogen and oxygen atoms in total. The van der Waals surface area contributed by atoms with Crippen LogP contribution in [0.1, 0.15) is 14.1 Å². The van der Waals surface area contributed by atoms with E-state index in [1.807, 2.05) is 38.2 Å². The smallest absolute Gasteiger partial charge is 0.268 e. The van der Waals surface area contributed by atoms with Gasteiger partial charge in [0, 0.05) is 39.3 Å². The van der Waals surface area contributed by atoms with E-state index in [0.717, 1.165) is 17.7 Å². The highest BCUT2D eigenvalue weighted by molar-refractivity contribution is 5.62. The summed E-state index contributed by atoms with van der Waals surface area (Å²) in [5.41, 5.74) is 4.15. The van der Waals surface area contributed by atoms with Crippen LogP contribution in [0.4, 0.5) is 0 Å². The number of hydrogen-bond acceptors (Lipinski definition) is 8. The number of aliphatic hydroxyl groups excluding tert-OH is 1. The second kappa shape index (κ2) is 8.99. The third kappa shape index (κ3) is 4.42. The molecule has 3 heterocycles. The van der Waals surface area contributed by atoms with E-state index in [9.17, 15) is 4.79 Å². The van der Waals surface area contributed by atoms with Crippen LogP contribution in [0.25, 0.3) is 34.3 Å². The molecule has 162 valence electrons. The molecule has 0 aliphatic carbocycles. The maximum atomic E-state index is 11.9. The summed E-state index contributed by atoms with van der Waals surface area (Å²) >= 11 is 0. The first-order valence-electron chi connectivity index (χ1n) is 9.82. The minimum absolute atomic E-state index is 0. The van der Waals surface area contributed by atoms with E-state index in [-0.39, 0.29) is 27.5 Å². The second-order valence-electron chi connectivity index (χ2n) is 7.00. The van der Waals surface area contributed by atoms with Crippen LogP contribution in [0.15, 0.2) is 58.0 Å². The van der Waals surface area contributed by atoms with E-state index < -0.39 is 0 Å². The monoisotopic (exact) mass is 422 g/mol. The Kier molecular flexibility index (Phi) is 5.96. The van der Waals surface area contributed by atoms with Crippen molar-refractivity contribution in [3.8, 4) is 34.3 Å². The van der Waals surface area contributed by atoms with Gasteiger partial charge in [-0.15, -0.1) is 10.2 Å². The Labute approximate surface area is 181 Å². The molecule has 0 unspecified atom stereocenters. The zero-order valence-corrected chi connectivity index (χ0v) is 17.2. The molecule has 2 N–H and O–H groups in total. The van der Waals surface area contributed by atoms with Gasteiger partial charge in [-0.3, -0.25) is 9.78 Å². The highest BCUT2D eigenvalue weighted by atomic mass is 16.4. The lowest BCUT2D eigenvalue weighted by molar-refractivity contribution is 0.274. The predicted molar refractivity (Wildman–Crippen MR) is 119 cm³/mol. The summed E-state index contributed by atoms with van der Waals surface area (Å²) in [5, 5.41) is 20.6. The summed E-state index contributed by atoms with van der Waals surface area (Å²) in [5.74, 6) is 0.666. The summed E-state index contributed by atoms with van der Waals surface area (Å²) in [4.78, 5) is 21.0. The van der Waals surface area contributed by atoms with Crippen molar-refractivity contribution in [3.05, 3.63) is 70.4 Å². The van der Waals surface area contributed by atoms with Crippen molar-refractivity contribution in [2.24, 2.45) is 0 Å². The average Bonchev–Trinajstić information content (AvgIpc) is 3.27. The third-order valence-electron chi connectivity index (χ3n) is 4.78. The molecule has 0 saturated heterocycles. The maximum Gasteiger partial charge on any atom is 0.268 e. The number of hydrogen-bond donors (Lipinski definition) is 2. The van der Waals surface area contributed by atoms with Crippen molar-refractivity contribution in [2.75, 3.05) is 13.7 Å². The van der Waals surface area contributed by atoms with Gasteiger partial charge in [0.1, 0.15) is 5.69 Å². The van der Waals surface area contributed by atoms with E-state index in [4.69, 9.17) is 9.52 Å². The molecule has 0 aliphatic rings. The van der Waals surface area contributed by atoms with Gasteiger partial charge in [0.2, 0.25) is 5.89 Å². The average molecular weight is 422 g/mol. The van der Waals surface area contributed by atoms with Gasteiger partial charge in [0.05, 0.1) is 24.2 Å². The van der Waals surface area contributed by atoms with Crippen LogP contribution in [-0.4, -0.2) is 43.5 Å². The lowest BCUT2D eigenvalue weighted by Gasteiger charge is -2.08. The van der Waals surface area contributed by atoms with Gasteiger partial charge in [0.25, 0.3) is 11.4 Å². The van der Waals surface area contributed by atoms with Gasteiger partial charge < -0.3 is 19.4 Å². The first-order valence-corrected chi connectivity index (χ1v) is 9.82. The number of aromatic nitrogens is 5. The van der Waals surface area contributed by atoms with Crippen LogP contribution in [0.2, 0.25) is 0 Å². The highest BCUT2D eigenvalue weighted by Crippen LogP contribution is 2.26. The van der Waals surface area contributed by atoms with Crippen LogP contribution in [0, 0.1) is 6.92 Å². The molecule has 0 amide bonds. The minimum atomic E-state index is -0.194. The Morgan fingerprint density at radius 1 is 1.10 bits per heavy atom. The summed E-state index contributed by atoms with van der Waals surface area (Å²) in [6, 6.07) is 11.0. The third-order valence-corrected chi connectivity index (χ3v) is 4.78. The van der Waals surface area contributed by atoms with Crippen molar-refractivity contribution in [1.82, 2.24) is 30.0 Å². The Morgan fingerprint density at radius 2 is 1.84 bits per heavy atom. The van der Waals surface area contributed by atoms with Gasteiger partial charge >= 0.3 is 0 Å².